The SMILES string of the molecule is Cc1[c-]c(C)c(=O)[nH]n1.[Y]. The molecule has 1 aromatic heterocycles. The summed E-state index contributed by atoms with van der Waals surface area (Å²) in [5.74, 6) is 0. The van der Waals surface area contributed by atoms with Crippen LogP contribution in [0.2, 0.25) is 0 Å². The van der Waals surface area contributed by atoms with Crippen molar-refractivity contribution in [3.8, 4) is 0 Å². The first-order valence-corrected chi connectivity index (χ1v) is 2.65. The Morgan fingerprint density at radius 2 is 2.10 bits per heavy atom. The van der Waals surface area contributed by atoms with Gasteiger partial charge in [-0.05, 0) is 12.6 Å². The number of H-pyrrole nitrogens is 1. The molecule has 4 heteroatoms. The third-order valence-electron chi connectivity index (χ3n) is 1.03. The molecule has 0 fully saturated rings. The number of aryl methyl sites for hydroxylation is 2. The molecule has 0 aliphatic heterocycles. The van der Waals surface area contributed by atoms with E-state index in [0.717, 1.165) is 0 Å². The van der Waals surface area contributed by atoms with Crippen molar-refractivity contribution in [3.05, 3.63) is 27.7 Å². The van der Waals surface area contributed by atoms with E-state index in [1.165, 1.54) is 0 Å². The first-order chi connectivity index (χ1) is 4.20. The first-order valence-electron chi connectivity index (χ1n) is 2.65. The van der Waals surface area contributed by atoms with Crippen molar-refractivity contribution in [2.24, 2.45) is 0 Å². The molecular weight excluding hydrogens is 205 g/mol. The molecule has 10 heavy (non-hydrogen) atoms. The number of nitrogens with one attached hydrogen (secondary N) is 1. The van der Waals surface area contributed by atoms with Gasteiger partial charge in [0.05, 0.1) is 0 Å². The van der Waals surface area contributed by atoms with E-state index in [9.17, 15) is 4.79 Å². The maximum Gasteiger partial charge on any atom is 0.108 e. The second-order valence-electron chi connectivity index (χ2n) is 1.89. The molecule has 0 unspecified atom stereocenters. The summed E-state index contributed by atoms with van der Waals surface area (Å²) in [7, 11) is 0. The van der Waals surface area contributed by atoms with Crippen LogP contribution in [0.3, 0.4) is 0 Å². The molecule has 0 atom stereocenters. The van der Waals surface area contributed by atoms with Gasteiger partial charge in [0.15, 0.2) is 0 Å². The summed E-state index contributed by atoms with van der Waals surface area (Å²) in [5, 5.41) is 5.98. The number of aromatic amines is 1. The van der Waals surface area contributed by atoms with E-state index in [0.29, 0.717) is 11.3 Å². The average Bonchev–Trinajstić information content (AvgIpc) is 1.80. The fourth-order valence-electron chi connectivity index (χ4n) is 0.575. The van der Waals surface area contributed by atoms with E-state index < -0.39 is 0 Å². The summed E-state index contributed by atoms with van der Waals surface area (Å²) in [4.78, 5) is 10.6. The van der Waals surface area contributed by atoms with E-state index in [1.54, 1.807) is 13.8 Å². The van der Waals surface area contributed by atoms with E-state index in [-0.39, 0.29) is 38.3 Å². The van der Waals surface area contributed by atoms with Gasteiger partial charge in [0.2, 0.25) is 0 Å². The number of hydrogen-bond acceptors (Lipinski definition) is 2. The average molecular weight is 212 g/mol. The Morgan fingerprint density at radius 3 is 2.50 bits per heavy atom. The van der Waals surface area contributed by atoms with E-state index in [4.69, 9.17) is 0 Å². The molecule has 0 aliphatic rings. The van der Waals surface area contributed by atoms with Crippen molar-refractivity contribution in [1.82, 2.24) is 10.2 Å². The standard InChI is InChI=1S/C6H7N2O.Y/c1-4-3-5(2)7-8-6(4)9;/h1-2H3,(H,8,9);/q-1;. The second kappa shape index (κ2) is 3.99. The quantitative estimate of drug-likeness (QED) is 0.623. The van der Waals surface area contributed by atoms with Gasteiger partial charge in [-0.25, -0.2) is 11.2 Å². The van der Waals surface area contributed by atoms with Gasteiger partial charge in [-0.2, -0.15) is 5.56 Å². The van der Waals surface area contributed by atoms with Crippen LogP contribution in [0, 0.1) is 19.9 Å². The number of nitrogens with zero attached hydrogens (tertiary/aromatic N) is 1. The molecule has 1 rings (SSSR count). The minimum Gasteiger partial charge on any atom is -0.381 e. The molecule has 51 valence electrons. The third kappa shape index (κ3) is 2.31. The van der Waals surface area contributed by atoms with E-state index in [2.05, 4.69) is 16.3 Å². The maximum atomic E-state index is 10.6. The molecule has 0 spiro atoms. The van der Waals surface area contributed by atoms with Gasteiger partial charge in [0.25, 0.3) is 0 Å². The summed E-state index contributed by atoms with van der Waals surface area (Å²) < 4.78 is 0. The van der Waals surface area contributed by atoms with Crippen molar-refractivity contribution in [3.63, 3.8) is 0 Å². The molecular formula is C6H7N2OY-. The Kier molecular flexibility index (Phi) is 3.98. The summed E-state index contributed by atoms with van der Waals surface area (Å²) in [5.41, 5.74) is 1.13. The zero-order valence-electron chi connectivity index (χ0n) is 5.93. The molecule has 1 radical (unpaired) electrons. The van der Waals surface area contributed by atoms with Crippen molar-refractivity contribution in [2.45, 2.75) is 13.8 Å². The van der Waals surface area contributed by atoms with Crippen molar-refractivity contribution < 1.29 is 32.7 Å². The Morgan fingerprint density at radius 1 is 1.50 bits per heavy atom. The van der Waals surface area contributed by atoms with Crippen molar-refractivity contribution in [2.75, 3.05) is 0 Å². The molecule has 1 N–H and O–H groups in total. The molecule has 0 amide bonds. The third-order valence-corrected chi connectivity index (χ3v) is 1.03. The van der Waals surface area contributed by atoms with Crippen LogP contribution in [0.5, 0.6) is 0 Å². The van der Waals surface area contributed by atoms with Crippen LogP contribution in [0.15, 0.2) is 4.79 Å². The van der Waals surface area contributed by atoms with Gasteiger partial charge in [0.1, 0.15) is 5.56 Å². The van der Waals surface area contributed by atoms with E-state index in [1.807, 2.05) is 0 Å². The first kappa shape index (κ1) is 9.98. The van der Waals surface area contributed by atoms with Crippen LogP contribution in [0.4, 0.5) is 0 Å². The van der Waals surface area contributed by atoms with Gasteiger partial charge >= 0.3 is 0 Å². The molecule has 0 bridgehead atoms. The molecule has 1 heterocycles. The summed E-state index contributed by atoms with van der Waals surface area (Å²) in [6.45, 7) is 3.48. The predicted octanol–water partition coefficient (Wildman–Crippen LogP) is 0.184. The summed E-state index contributed by atoms with van der Waals surface area (Å²) in [6.07, 6.45) is 0. The fourth-order valence-corrected chi connectivity index (χ4v) is 0.575. The summed E-state index contributed by atoms with van der Waals surface area (Å²) >= 11 is 0. The van der Waals surface area contributed by atoms with Crippen LogP contribution in [0.25, 0.3) is 0 Å². The normalized spacial score (nSPS) is 8.60. The van der Waals surface area contributed by atoms with E-state index >= 15 is 0 Å². The zero-order chi connectivity index (χ0) is 6.85. The Balaban J connectivity index is 0.000000810. The topological polar surface area (TPSA) is 45.8 Å². The van der Waals surface area contributed by atoms with Gasteiger partial charge in [-0.3, -0.25) is 0 Å². The smallest absolute Gasteiger partial charge is 0.108 e. The number of aromatic nitrogens is 2. The molecule has 1 aromatic rings. The minimum absolute atomic E-state index is 0. The molecule has 0 aliphatic carbocycles. The van der Waals surface area contributed by atoms with Crippen LogP contribution in [-0.4, -0.2) is 10.2 Å². The molecule has 0 saturated heterocycles. The van der Waals surface area contributed by atoms with Gasteiger partial charge in [0, 0.05) is 32.7 Å². The van der Waals surface area contributed by atoms with Crippen LogP contribution >= 0.6 is 0 Å². The van der Waals surface area contributed by atoms with Gasteiger partial charge in [-0.1, -0.05) is 6.92 Å². The molecule has 0 saturated carbocycles. The largest absolute Gasteiger partial charge is 0.381 e. The fraction of sp³-hybridized carbons (Fsp3) is 0.333. The van der Waals surface area contributed by atoms with Crippen LogP contribution in [0.1, 0.15) is 11.3 Å². The Bertz CT molecular complexity index is 269. The van der Waals surface area contributed by atoms with Crippen LogP contribution < -0.4 is 5.56 Å². The summed E-state index contributed by atoms with van der Waals surface area (Å²) in [6, 6.07) is 2.78. The van der Waals surface area contributed by atoms with Crippen molar-refractivity contribution >= 4 is 0 Å². The Labute approximate surface area is 84.1 Å². The predicted molar refractivity (Wildman–Crippen MR) is 33.2 cm³/mol. The van der Waals surface area contributed by atoms with Crippen molar-refractivity contribution in [1.29, 1.82) is 0 Å². The Hall–Kier alpha value is -0.0161. The minimum atomic E-state index is -0.166. The zero-order valence-corrected chi connectivity index (χ0v) is 8.77. The maximum absolute atomic E-state index is 10.6. The molecule has 0 aromatic carbocycles. The van der Waals surface area contributed by atoms with Crippen LogP contribution in [-0.2, 0) is 32.7 Å². The van der Waals surface area contributed by atoms with Gasteiger partial charge in [-0.15, -0.1) is 0 Å². The van der Waals surface area contributed by atoms with Gasteiger partial charge < -0.3 is 9.89 Å². The molecule has 3 nitrogen and oxygen atoms in total. The number of hydrogen-bond donors (Lipinski definition) is 1. The number of rotatable bonds is 0. The monoisotopic (exact) mass is 212 g/mol. The second-order valence-corrected chi connectivity index (χ2v) is 1.89.